The van der Waals surface area contributed by atoms with Crippen LogP contribution in [0, 0.1) is 13.8 Å². The minimum atomic E-state index is 0.720. The Labute approximate surface area is 183 Å². The Bertz CT molecular complexity index is 1130. The van der Waals surface area contributed by atoms with Gasteiger partial charge in [-0.05, 0) is 61.6 Å². The minimum Gasteiger partial charge on any atom is -0.493 e. The fourth-order valence-corrected chi connectivity index (χ4v) is 4.10. The van der Waals surface area contributed by atoms with Crippen molar-refractivity contribution in [3.05, 3.63) is 94.3 Å². The quantitative estimate of drug-likeness (QED) is 0.296. The Morgan fingerprint density at radius 3 is 2.40 bits per heavy atom. The van der Waals surface area contributed by atoms with E-state index >= 15 is 0 Å². The summed E-state index contributed by atoms with van der Waals surface area (Å²) in [5.41, 5.74) is 5.70. The zero-order chi connectivity index (χ0) is 20.9. The van der Waals surface area contributed by atoms with Gasteiger partial charge in [0.25, 0.3) is 0 Å². The van der Waals surface area contributed by atoms with Crippen LogP contribution in [0.2, 0.25) is 5.02 Å². The standard InChI is InChI=1S/C26H27ClN2O/c1-19-10-9-11-20(2)26(19)30-17-8-7-16-29-24-15-6-5-14-23(24)28-25(29)18-21-12-3-4-13-22(21)27/h3-6,9-15H,7-8,16-18H2,1-2H3. The van der Waals surface area contributed by atoms with Crippen LogP contribution in [0.3, 0.4) is 0 Å². The van der Waals surface area contributed by atoms with Crippen LogP contribution in [0.5, 0.6) is 5.75 Å². The zero-order valence-electron chi connectivity index (χ0n) is 17.6. The summed E-state index contributed by atoms with van der Waals surface area (Å²) < 4.78 is 8.40. The Balaban J connectivity index is 1.45. The van der Waals surface area contributed by atoms with E-state index in [4.69, 9.17) is 21.3 Å². The second-order valence-electron chi connectivity index (χ2n) is 7.71. The van der Waals surface area contributed by atoms with Crippen LogP contribution in [0.4, 0.5) is 0 Å². The first kappa shape index (κ1) is 20.5. The van der Waals surface area contributed by atoms with Crippen molar-refractivity contribution in [3.8, 4) is 5.75 Å². The van der Waals surface area contributed by atoms with Crippen molar-refractivity contribution in [2.24, 2.45) is 0 Å². The molecule has 0 N–H and O–H groups in total. The molecule has 0 aliphatic rings. The summed E-state index contributed by atoms with van der Waals surface area (Å²) in [5, 5.41) is 0.790. The van der Waals surface area contributed by atoms with Crippen LogP contribution >= 0.6 is 11.6 Å². The summed E-state index contributed by atoms with van der Waals surface area (Å²) in [5.74, 6) is 2.07. The summed E-state index contributed by atoms with van der Waals surface area (Å²) in [4.78, 5) is 4.89. The highest BCUT2D eigenvalue weighted by Gasteiger charge is 2.12. The van der Waals surface area contributed by atoms with E-state index in [1.165, 1.54) is 16.6 Å². The third kappa shape index (κ3) is 4.52. The summed E-state index contributed by atoms with van der Waals surface area (Å²) in [7, 11) is 0. The highest BCUT2D eigenvalue weighted by Crippen LogP contribution is 2.24. The highest BCUT2D eigenvalue weighted by molar-refractivity contribution is 6.31. The van der Waals surface area contributed by atoms with Gasteiger partial charge in [0, 0.05) is 18.0 Å². The molecule has 0 atom stereocenters. The maximum atomic E-state index is 6.40. The number of aryl methyl sites for hydroxylation is 3. The van der Waals surface area contributed by atoms with Crippen LogP contribution in [0.1, 0.15) is 35.4 Å². The van der Waals surface area contributed by atoms with Crippen LogP contribution < -0.4 is 4.74 Å². The van der Waals surface area contributed by atoms with E-state index in [2.05, 4.69) is 60.9 Å². The number of para-hydroxylation sites is 3. The van der Waals surface area contributed by atoms with Crippen LogP contribution in [0.25, 0.3) is 11.0 Å². The van der Waals surface area contributed by atoms with E-state index in [0.717, 1.165) is 60.1 Å². The van der Waals surface area contributed by atoms with Gasteiger partial charge in [-0.15, -0.1) is 0 Å². The molecule has 0 radical (unpaired) electrons. The lowest BCUT2D eigenvalue weighted by Gasteiger charge is -2.13. The molecule has 0 saturated heterocycles. The van der Waals surface area contributed by atoms with Crippen LogP contribution in [-0.4, -0.2) is 16.2 Å². The van der Waals surface area contributed by atoms with Crippen molar-refractivity contribution in [2.75, 3.05) is 6.61 Å². The maximum absolute atomic E-state index is 6.40. The maximum Gasteiger partial charge on any atom is 0.125 e. The van der Waals surface area contributed by atoms with E-state index in [1.54, 1.807) is 0 Å². The number of hydrogen-bond acceptors (Lipinski definition) is 2. The molecule has 0 fully saturated rings. The number of halogens is 1. The molecule has 0 aliphatic heterocycles. The molecular weight excluding hydrogens is 392 g/mol. The second-order valence-corrected chi connectivity index (χ2v) is 8.12. The van der Waals surface area contributed by atoms with Gasteiger partial charge >= 0.3 is 0 Å². The first-order valence-electron chi connectivity index (χ1n) is 10.5. The fraction of sp³-hybridized carbons (Fsp3) is 0.269. The fourth-order valence-electron chi connectivity index (χ4n) is 3.90. The molecule has 4 aromatic rings. The zero-order valence-corrected chi connectivity index (χ0v) is 18.3. The molecule has 154 valence electrons. The van der Waals surface area contributed by atoms with E-state index in [-0.39, 0.29) is 0 Å². The van der Waals surface area contributed by atoms with Crippen molar-refractivity contribution in [2.45, 2.75) is 39.7 Å². The number of fused-ring (bicyclic) bond motifs is 1. The molecule has 0 bridgehead atoms. The molecular formula is C26H27ClN2O. The van der Waals surface area contributed by atoms with Crippen molar-refractivity contribution in [1.82, 2.24) is 9.55 Å². The van der Waals surface area contributed by atoms with E-state index < -0.39 is 0 Å². The number of unbranched alkanes of at least 4 members (excludes halogenated alkanes) is 1. The summed E-state index contributed by atoms with van der Waals surface area (Å²) >= 11 is 6.40. The van der Waals surface area contributed by atoms with Gasteiger partial charge in [-0.1, -0.05) is 60.1 Å². The summed E-state index contributed by atoms with van der Waals surface area (Å²) in [6, 6.07) is 22.6. The number of rotatable bonds is 8. The Kier molecular flexibility index (Phi) is 6.39. The van der Waals surface area contributed by atoms with Crippen molar-refractivity contribution in [1.29, 1.82) is 0 Å². The molecule has 0 spiro atoms. The molecule has 3 nitrogen and oxygen atoms in total. The Morgan fingerprint density at radius 1 is 0.867 bits per heavy atom. The smallest absolute Gasteiger partial charge is 0.125 e. The largest absolute Gasteiger partial charge is 0.493 e. The SMILES string of the molecule is Cc1cccc(C)c1OCCCCn1c(Cc2ccccc2Cl)nc2ccccc21. The van der Waals surface area contributed by atoms with E-state index in [1.807, 2.05) is 24.3 Å². The van der Waals surface area contributed by atoms with Crippen molar-refractivity contribution < 1.29 is 4.74 Å². The number of ether oxygens (including phenoxy) is 1. The second kappa shape index (κ2) is 9.36. The number of benzene rings is 3. The average Bonchev–Trinajstić information content (AvgIpc) is 3.08. The predicted molar refractivity (Wildman–Crippen MR) is 125 cm³/mol. The molecule has 1 aromatic heterocycles. The molecule has 30 heavy (non-hydrogen) atoms. The van der Waals surface area contributed by atoms with Gasteiger partial charge in [-0.25, -0.2) is 4.98 Å². The molecule has 1 heterocycles. The van der Waals surface area contributed by atoms with Crippen molar-refractivity contribution >= 4 is 22.6 Å². The van der Waals surface area contributed by atoms with Gasteiger partial charge in [0.15, 0.2) is 0 Å². The van der Waals surface area contributed by atoms with Gasteiger partial charge in [-0.3, -0.25) is 0 Å². The highest BCUT2D eigenvalue weighted by atomic mass is 35.5. The molecule has 0 saturated carbocycles. The number of nitrogens with zero attached hydrogens (tertiary/aromatic N) is 2. The van der Waals surface area contributed by atoms with Gasteiger partial charge < -0.3 is 9.30 Å². The molecule has 0 amide bonds. The lowest BCUT2D eigenvalue weighted by Crippen LogP contribution is -2.07. The summed E-state index contributed by atoms with van der Waals surface area (Å²) in [6.45, 7) is 5.83. The van der Waals surface area contributed by atoms with E-state index in [0.29, 0.717) is 0 Å². The first-order valence-corrected chi connectivity index (χ1v) is 10.9. The third-order valence-electron chi connectivity index (χ3n) is 5.47. The molecule has 4 rings (SSSR count). The lowest BCUT2D eigenvalue weighted by atomic mass is 10.1. The average molecular weight is 419 g/mol. The lowest BCUT2D eigenvalue weighted by molar-refractivity contribution is 0.299. The normalized spacial score (nSPS) is 11.2. The Morgan fingerprint density at radius 2 is 1.60 bits per heavy atom. The minimum absolute atomic E-state index is 0.720. The monoisotopic (exact) mass is 418 g/mol. The number of imidazole rings is 1. The molecule has 0 aliphatic carbocycles. The van der Waals surface area contributed by atoms with E-state index in [9.17, 15) is 0 Å². The van der Waals surface area contributed by atoms with Crippen molar-refractivity contribution in [3.63, 3.8) is 0 Å². The molecule has 0 unspecified atom stereocenters. The number of aromatic nitrogens is 2. The van der Waals surface area contributed by atoms with Gasteiger partial charge in [0.05, 0.1) is 17.6 Å². The number of hydrogen-bond donors (Lipinski definition) is 0. The van der Waals surface area contributed by atoms with Gasteiger partial charge in [-0.2, -0.15) is 0 Å². The molecule has 4 heteroatoms. The predicted octanol–water partition coefficient (Wildman–Crippen LogP) is 6.76. The Hall–Kier alpha value is -2.78. The third-order valence-corrected chi connectivity index (χ3v) is 5.84. The van der Waals surface area contributed by atoms with Gasteiger partial charge in [0.1, 0.15) is 11.6 Å². The van der Waals surface area contributed by atoms with Gasteiger partial charge in [0.2, 0.25) is 0 Å². The first-order chi connectivity index (χ1) is 14.6. The molecule has 3 aromatic carbocycles. The summed E-state index contributed by atoms with van der Waals surface area (Å²) in [6.07, 6.45) is 2.75. The topological polar surface area (TPSA) is 27.1 Å². The van der Waals surface area contributed by atoms with Crippen LogP contribution in [0.15, 0.2) is 66.7 Å². The van der Waals surface area contributed by atoms with Crippen LogP contribution in [-0.2, 0) is 13.0 Å².